The SMILES string of the molecule is C=C1C(CC)C2C=CCCC2N2c3nc4c(nc3N(c3ccccc3)C2C1(C)CC)C(C)(C)CCC4(C)C. The molecule has 4 aliphatic rings. The molecule has 3 heterocycles. The molecule has 2 aliphatic carbocycles. The molecule has 0 spiro atoms. The molecule has 2 aliphatic heterocycles. The Balaban J connectivity index is 1.68. The molecular formula is C34H46N4. The Morgan fingerprint density at radius 2 is 1.55 bits per heavy atom. The van der Waals surface area contributed by atoms with Gasteiger partial charge in [-0.2, -0.15) is 0 Å². The highest BCUT2D eigenvalue weighted by Gasteiger charge is 2.58. The Morgan fingerprint density at radius 1 is 0.921 bits per heavy atom. The second-order valence-electron chi connectivity index (χ2n) is 13.8. The molecule has 0 amide bonds. The van der Waals surface area contributed by atoms with Crippen molar-refractivity contribution in [1.29, 1.82) is 0 Å². The van der Waals surface area contributed by atoms with Gasteiger partial charge in [0, 0.05) is 33.9 Å². The van der Waals surface area contributed by atoms with E-state index in [2.05, 4.69) is 101 Å². The highest BCUT2D eigenvalue weighted by molar-refractivity contribution is 5.80. The number of benzene rings is 1. The van der Waals surface area contributed by atoms with Crippen molar-refractivity contribution in [3.63, 3.8) is 0 Å². The summed E-state index contributed by atoms with van der Waals surface area (Å²) in [5, 5.41) is 0. The summed E-state index contributed by atoms with van der Waals surface area (Å²) in [7, 11) is 0. The fourth-order valence-corrected chi connectivity index (χ4v) is 8.01. The third-order valence-electron chi connectivity index (χ3n) is 10.7. The number of hydrogen-bond donors (Lipinski definition) is 0. The second-order valence-corrected chi connectivity index (χ2v) is 13.8. The van der Waals surface area contributed by atoms with Gasteiger partial charge < -0.3 is 9.80 Å². The van der Waals surface area contributed by atoms with Crippen LogP contribution in [0.2, 0.25) is 0 Å². The Hall–Kier alpha value is -2.62. The Bertz CT molecular complexity index is 1270. The van der Waals surface area contributed by atoms with Crippen LogP contribution in [0.3, 0.4) is 0 Å². The maximum Gasteiger partial charge on any atom is 0.178 e. The Labute approximate surface area is 230 Å². The second kappa shape index (κ2) is 8.69. The zero-order chi connectivity index (χ0) is 27.0. The minimum Gasteiger partial charge on any atom is -0.328 e. The predicted octanol–water partition coefficient (Wildman–Crippen LogP) is 8.46. The molecule has 0 radical (unpaired) electrons. The molecule has 1 aromatic carbocycles. The normalized spacial score (nSPS) is 32.8. The summed E-state index contributed by atoms with van der Waals surface area (Å²) < 4.78 is 0. The van der Waals surface area contributed by atoms with Gasteiger partial charge in [0.1, 0.15) is 6.17 Å². The summed E-state index contributed by atoms with van der Waals surface area (Å²) in [6.45, 7) is 21.5. The van der Waals surface area contributed by atoms with Crippen LogP contribution in [0.5, 0.6) is 0 Å². The van der Waals surface area contributed by atoms with Gasteiger partial charge in [0.05, 0.1) is 11.4 Å². The molecule has 0 bridgehead atoms. The fraction of sp³-hybridized carbons (Fsp3) is 0.588. The van der Waals surface area contributed by atoms with E-state index in [1.54, 1.807) is 0 Å². The number of nitrogens with zero attached hydrogens (tertiary/aromatic N) is 4. The lowest BCUT2D eigenvalue weighted by molar-refractivity contribution is 0.283. The standard InChI is InChI=1S/C34H46N4/c1-9-24-22(3)34(8,10-2)31-37(23-16-12-11-13-17-23)29-30(38(31)26-19-15-14-18-25(24)26)36-28-27(35-29)32(4,5)20-21-33(28,6)7/h11-14,16-18,24-26,31H,3,9-10,15,19-21H2,1-2,4-8H3. The first-order valence-electron chi connectivity index (χ1n) is 15.0. The molecule has 4 heteroatoms. The molecule has 5 unspecified atom stereocenters. The summed E-state index contributed by atoms with van der Waals surface area (Å²) in [5.41, 5.74) is 4.91. The topological polar surface area (TPSA) is 32.3 Å². The van der Waals surface area contributed by atoms with Crippen LogP contribution in [0, 0.1) is 17.3 Å². The molecule has 6 rings (SSSR count). The van der Waals surface area contributed by atoms with Gasteiger partial charge in [-0.1, -0.05) is 91.0 Å². The number of allylic oxidation sites excluding steroid dienone is 1. The van der Waals surface area contributed by atoms with Crippen LogP contribution in [0.25, 0.3) is 0 Å². The van der Waals surface area contributed by atoms with E-state index in [0.29, 0.717) is 17.9 Å². The van der Waals surface area contributed by atoms with E-state index >= 15 is 0 Å². The van der Waals surface area contributed by atoms with Gasteiger partial charge in [0.15, 0.2) is 11.6 Å². The van der Waals surface area contributed by atoms with Gasteiger partial charge >= 0.3 is 0 Å². The van der Waals surface area contributed by atoms with Crippen LogP contribution in [0.4, 0.5) is 17.3 Å². The van der Waals surface area contributed by atoms with E-state index in [0.717, 1.165) is 50.2 Å². The lowest BCUT2D eigenvalue weighted by atomic mass is 9.67. The first kappa shape index (κ1) is 25.6. The highest BCUT2D eigenvalue weighted by atomic mass is 15.5. The predicted molar refractivity (Wildman–Crippen MR) is 159 cm³/mol. The first-order chi connectivity index (χ1) is 18.0. The van der Waals surface area contributed by atoms with E-state index in [4.69, 9.17) is 16.5 Å². The number of aromatic nitrogens is 2. The van der Waals surface area contributed by atoms with Crippen LogP contribution >= 0.6 is 0 Å². The zero-order valence-electron chi connectivity index (χ0n) is 24.6. The van der Waals surface area contributed by atoms with Crippen molar-refractivity contribution in [2.24, 2.45) is 17.3 Å². The third-order valence-corrected chi connectivity index (χ3v) is 10.7. The summed E-state index contributed by atoms with van der Waals surface area (Å²) in [6, 6.07) is 11.3. The van der Waals surface area contributed by atoms with E-state index in [-0.39, 0.29) is 22.4 Å². The van der Waals surface area contributed by atoms with Crippen molar-refractivity contribution < 1.29 is 0 Å². The summed E-state index contributed by atoms with van der Waals surface area (Å²) in [4.78, 5) is 16.6. The zero-order valence-corrected chi connectivity index (χ0v) is 24.6. The first-order valence-corrected chi connectivity index (χ1v) is 15.0. The molecule has 1 fully saturated rings. The van der Waals surface area contributed by atoms with E-state index in [1.165, 1.54) is 22.6 Å². The van der Waals surface area contributed by atoms with Crippen LogP contribution < -0.4 is 9.80 Å². The number of anilines is 3. The maximum absolute atomic E-state index is 5.68. The van der Waals surface area contributed by atoms with Gasteiger partial charge in [-0.05, 0) is 56.6 Å². The molecule has 0 N–H and O–H groups in total. The number of para-hydroxylation sites is 1. The fourth-order valence-electron chi connectivity index (χ4n) is 8.01. The average Bonchev–Trinajstić information content (AvgIpc) is 3.22. The lowest BCUT2D eigenvalue weighted by Gasteiger charge is -2.46. The van der Waals surface area contributed by atoms with Crippen molar-refractivity contribution >= 4 is 17.3 Å². The smallest absolute Gasteiger partial charge is 0.178 e. The maximum atomic E-state index is 5.68. The molecule has 1 saturated heterocycles. The van der Waals surface area contributed by atoms with E-state index in [1.807, 2.05) is 0 Å². The van der Waals surface area contributed by atoms with Gasteiger partial charge in [-0.25, -0.2) is 9.97 Å². The van der Waals surface area contributed by atoms with Crippen LogP contribution in [0.1, 0.15) is 98.4 Å². The highest BCUT2D eigenvalue weighted by Crippen LogP contribution is 2.59. The average molecular weight is 511 g/mol. The minimum atomic E-state index is -0.115. The van der Waals surface area contributed by atoms with Crippen molar-refractivity contribution in [1.82, 2.24) is 9.97 Å². The minimum absolute atomic E-state index is 0.0102. The lowest BCUT2D eigenvalue weighted by Crippen LogP contribution is -2.55. The molecular weight excluding hydrogens is 464 g/mol. The molecule has 5 atom stereocenters. The monoisotopic (exact) mass is 510 g/mol. The van der Waals surface area contributed by atoms with Gasteiger partial charge in [0.2, 0.25) is 0 Å². The molecule has 2 aromatic rings. The van der Waals surface area contributed by atoms with Crippen molar-refractivity contribution in [2.75, 3.05) is 9.80 Å². The van der Waals surface area contributed by atoms with E-state index < -0.39 is 0 Å². The van der Waals surface area contributed by atoms with Gasteiger partial charge in [-0.15, -0.1) is 0 Å². The molecule has 38 heavy (non-hydrogen) atoms. The summed E-state index contributed by atoms with van der Waals surface area (Å²) >= 11 is 0. The quantitative estimate of drug-likeness (QED) is 0.388. The van der Waals surface area contributed by atoms with Crippen LogP contribution in [0.15, 0.2) is 54.6 Å². The molecule has 4 nitrogen and oxygen atoms in total. The van der Waals surface area contributed by atoms with Crippen LogP contribution in [-0.2, 0) is 10.8 Å². The number of rotatable bonds is 3. The Kier molecular flexibility index (Phi) is 5.87. The molecule has 0 saturated carbocycles. The van der Waals surface area contributed by atoms with Crippen molar-refractivity contribution in [2.45, 2.75) is 110 Å². The van der Waals surface area contributed by atoms with Crippen molar-refractivity contribution in [3.8, 4) is 0 Å². The third kappa shape index (κ3) is 3.47. The Morgan fingerprint density at radius 3 is 2.16 bits per heavy atom. The largest absolute Gasteiger partial charge is 0.328 e. The number of hydrogen-bond acceptors (Lipinski definition) is 4. The van der Waals surface area contributed by atoms with Crippen molar-refractivity contribution in [3.05, 3.63) is 66.0 Å². The van der Waals surface area contributed by atoms with Crippen LogP contribution in [-0.4, -0.2) is 22.2 Å². The molecule has 202 valence electrons. The number of fused-ring (bicyclic) bond motifs is 6. The summed E-state index contributed by atoms with van der Waals surface area (Å²) in [6.07, 6.45) is 11.7. The van der Waals surface area contributed by atoms with E-state index in [9.17, 15) is 0 Å². The van der Waals surface area contributed by atoms with Gasteiger partial charge in [-0.3, -0.25) is 0 Å². The molecule has 1 aromatic heterocycles. The van der Waals surface area contributed by atoms with Gasteiger partial charge in [0.25, 0.3) is 0 Å². The summed E-state index contributed by atoms with van der Waals surface area (Å²) in [5.74, 6) is 3.05.